The van der Waals surface area contributed by atoms with E-state index >= 15 is 0 Å². The number of hydrogen-bond acceptors (Lipinski definition) is 9. The first-order valence-corrected chi connectivity index (χ1v) is 28.1. The molecular weight excluding hydrogens is 829 g/mol. The second kappa shape index (κ2) is 41.0. The molecule has 0 aliphatic carbocycles. The van der Waals surface area contributed by atoms with Crippen molar-refractivity contribution in [2.45, 2.75) is 233 Å². The van der Waals surface area contributed by atoms with E-state index in [-0.39, 0.29) is 39.2 Å². The molecule has 1 atom stereocenters. The third-order valence-corrected chi connectivity index (χ3v) is 13.1. The minimum Gasteiger partial charge on any atom is -0.490 e. The average molecular weight is 924 g/mol. The topological polar surface area (TPSA) is 103 Å². The molecule has 2 rings (SSSR count). The fraction of sp³-hybridized carbons (Fsp3) is 0.846. The third-order valence-electron chi connectivity index (χ3n) is 11.7. The summed E-state index contributed by atoms with van der Waals surface area (Å²) in [5, 5.41) is 8.73. The first kappa shape index (κ1) is 57.9. The van der Waals surface area contributed by atoms with E-state index in [0.29, 0.717) is 32.1 Å². The number of halogens is 1. The molecule has 0 aliphatic rings. The Morgan fingerprint density at radius 1 is 0.516 bits per heavy atom. The van der Waals surface area contributed by atoms with E-state index in [0.717, 1.165) is 54.9 Å². The van der Waals surface area contributed by atoms with Crippen molar-refractivity contribution >= 4 is 7.68 Å². The summed E-state index contributed by atoms with van der Waals surface area (Å²) in [5.41, 5.74) is 1.70. The van der Waals surface area contributed by atoms with Gasteiger partial charge in [0, 0.05) is 0 Å². The molecule has 0 aliphatic heterocycles. The van der Waals surface area contributed by atoms with Gasteiger partial charge >= 0.3 is 7.68 Å². The van der Waals surface area contributed by atoms with Gasteiger partial charge in [0.2, 0.25) is 5.75 Å². The second-order valence-electron chi connectivity index (χ2n) is 17.8. The fourth-order valence-corrected chi connectivity index (χ4v) is 8.74. The normalized spacial score (nSPS) is 12.5. The van der Waals surface area contributed by atoms with Crippen LogP contribution in [0.15, 0.2) is 18.3 Å². The SMILES string of the molecule is CCCCCCCCCCCCOc1cc(Cn2cc(COCCOCCP(=O)(F)OCC)nn2)cc(OCCCCCCCCCCCC)c1OCCCCCCCCCCCC. The van der Waals surface area contributed by atoms with Crippen LogP contribution in [0.25, 0.3) is 0 Å². The Hall–Kier alpha value is -2.20. The van der Waals surface area contributed by atoms with Crippen molar-refractivity contribution in [3.63, 3.8) is 0 Å². The van der Waals surface area contributed by atoms with Crippen LogP contribution in [0.1, 0.15) is 232 Å². The summed E-state index contributed by atoms with van der Waals surface area (Å²) in [7, 11) is -4.09. The van der Waals surface area contributed by atoms with Crippen LogP contribution in [0, 0.1) is 0 Å². The Bertz CT molecular complexity index is 1350. The molecule has 1 unspecified atom stereocenters. The molecule has 0 saturated carbocycles. The predicted octanol–water partition coefficient (Wildman–Crippen LogP) is 16.0. The average Bonchev–Trinajstić information content (AvgIpc) is 3.73. The van der Waals surface area contributed by atoms with Crippen LogP contribution in [-0.4, -0.2) is 67.4 Å². The van der Waals surface area contributed by atoms with Crippen molar-refractivity contribution in [1.29, 1.82) is 0 Å². The van der Waals surface area contributed by atoms with E-state index in [1.807, 2.05) is 6.20 Å². The molecule has 0 spiro atoms. The van der Waals surface area contributed by atoms with E-state index in [1.54, 1.807) is 11.6 Å². The molecule has 0 bridgehead atoms. The Balaban J connectivity index is 2.06. The van der Waals surface area contributed by atoms with Gasteiger partial charge in [0.1, 0.15) is 5.69 Å². The van der Waals surface area contributed by atoms with Crippen molar-refractivity contribution in [2.24, 2.45) is 0 Å². The van der Waals surface area contributed by atoms with E-state index in [1.165, 1.54) is 161 Å². The van der Waals surface area contributed by atoms with E-state index in [9.17, 15) is 8.76 Å². The smallest absolute Gasteiger partial charge is 0.369 e. The van der Waals surface area contributed by atoms with Crippen LogP contribution < -0.4 is 14.2 Å². The largest absolute Gasteiger partial charge is 0.490 e. The Labute approximate surface area is 391 Å². The Morgan fingerprint density at radius 3 is 1.36 bits per heavy atom. The highest BCUT2D eigenvalue weighted by Gasteiger charge is 2.21. The summed E-state index contributed by atoms with van der Waals surface area (Å²) in [6, 6.07) is 4.18. The van der Waals surface area contributed by atoms with Gasteiger partial charge in [-0.05, 0) is 43.9 Å². The van der Waals surface area contributed by atoms with Gasteiger partial charge in [-0.15, -0.1) is 5.10 Å². The van der Waals surface area contributed by atoms with Gasteiger partial charge in [0.15, 0.2) is 11.5 Å². The molecule has 1 aromatic heterocycles. The summed E-state index contributed by atoms with van der Waals surface area (Å²) >= 11 is 0. The lowest BCUT2D eigenvalue weighted by Gasteiger charge is -2.19. The lowest BCUT2D eigenvalue weighted by atomic mass is 10.1. The first-order valence-electron chi connectivity index (χ1n) is 26.4. The zero-order chi connectivity index (χ0) is 46.0. The molecule has 10 nitrogen and oxygen atoms in total. The van der Waals surface area contributed by atoms with Crippen molar-refractivity contribution in [1.82, 2.24) is 15.0 Å². The van der Waals surface area contributed by atoms with Crippen LogP contribution >= 0.6 is 7.68 Å². The summed E-state index contributed by atoms with van der Waals surface area (Å²) < 4.78 is 62.7. The number of benzene rings is 1. The molecule has 0 saturated heterocycles. The lowest BCUT2D eigenvalue weighted by Crippen LogP contribution is -2.08. The highest BCUT2D eigenvalue weighted by molar-refractivity contribution is 7.53. The maximum atomic E-state index is 13.7. The van der Waals surface area contributed by atoms with Gasteiger partial charge in [-0.2, -0.15) is 4.20 Å². The van der Waals surface area contributed by atoms with Crippen LogP contribution in [0.4, 0.5) is 4.20 Å². The van der Waals surface area contributed by atoms with Gasteiger partial charge in [0.05, 0.1) is 71.8 Å². The number of unbranched alkanes of at least 4 members (excludes halogenated alkanes) is 27. The maximum Gasteiger partial charge on any atom is 0.369 e. The highest BCUT2D eigenvalue weighted by atomic mass is 31.2. The maximum absolute atomic E-state index is 13.7. The summed E-state index contributed by atoms with van der Waals surface area (Å²) in [4.78, 5) is 0. The van der Waals surface area contributed by atoms with Crippen molar-refractivity contribution in [3.8, 4) is 17.2 Å². The van der Waals surface area contributed by atoms with E-state index in [2.05, 4.69) is 47.7 Å². The molecule has 0 N–H and O–H groups in total. The number of ether oxygens (including phenoxy) is 5. The second-order valence-corrected chi connectivity index (χ2v) is 19.7. The van der Waals surface area contributed by atoms with E-state index < -0.39 is 7.68 Å². The quantitative estimate of drug-likeness (QED) is 0.0474. The highest BCUT2D eigenvalue weighted by Crippen LogP contribution is 2.48. The van der Waals surface area contributed by atoms with Gasteiger partial charge in [-0.1, -0.05) is 199 Å². The van der Waals surface area contributed by atoms with Crippen LogP contribution in [0.3, 0.4) is 0 Å². The third kappa shape index (κ3) is 31.7. The summed E-state index contributed by atoms with van der Waals surface area (Å²) in [5.74, 6) is 2.21. The number of rotatable bonds is 48. The van der Waals surface area contributed by atoms with Gasteiger partial charge in [0.25, 0.3) is 0 Å². The van der Waals surface area contributed by atoms with Crippen LogP contribution in [0.5, 0.6) is 17.2 Å². The monoisotopic (exact) mass is 924 g/mol. The molecule has 1 heterocycles. The lowest BCUT2D eigenvalue weighted by molar-refractivity contribution is 0.0438. The van der Waals surface area contributed by atoms with Gasteiger partial charge < -0.3 is 28.2 Å². The Morgan fingerprint density at radius 2 is 0.922 bits per heavy atom. The van der Waals surface area contributed by atoms with Crippen LogP contribution in [-0.2, 0) is 31.7 Å². The van der Waals surface area contributed by atoms with Crippen molar-refractivity contribution in [2.75, 3.05) is 52.4 Å². The van der Waals surface area contributed by atoms with Gasteiger partial charge in [-0.3, -0.25) is 4.57 Å². The van der Waals surface area contributed by atoms with Crippen molar-refractivity contribution in [3.05, 3.63) is 29.6 Å². The molecule has 64 heavy (non-hydrogen) atoms. The summed E-state index contributed by atoms with van der Waals surface area (Å²) in [6.45, 7) is 11.7. The number of nitrogens with zero attached hydrogens (tertiary/aromatic N) is 3. The molecule has 0 fully saturated rings. The zero-order valence-electron chi connectivity index (χ0n) is 41.5. The minimum atomic E-state index is -4.09. The number of hydrogen-bond donors (Lipinski definition) is 0. The Kier molecular flexibility index (Phi) is 37.1. The molecular formula is C52H95FN3O7P. The van der Waals surface area contributed by atoms with Crippen LogP contribution in [0.2, 0.25) is 0 Å². The summed E-state index contributed by atoms with van der Waals surface area (Å²) in [6.07, 6.45) is 40.0. The molecule has 0 amide bonds. The van der Waals surface area contributed by atoms with Crippen molar-refractivity contribution < 1.29 is 37.0 Å². The van der Waals surface area contributed by atoms with E-state index in [4.69, 9.17) is 23.7 Å². The fourth-order valence-electron chi connectivity index (χ4n) is 7.88. The predicted molar refractivity (Wildman–Crippen MR) is 263 cm³/mol. The van der Waals surface area contributed by atoms with Gasteiger partial charge in [-0.25, -0.2) is 4.68 Å². The number of aromatic nitrogens is 3. The standard InChI is InChI=1S/C52H95FN3O7P/c1-5-9-12-15-18-21-24-27-30-33-36-60-50-43-48(45-56-46-49(54-55-56)47-59-40-39-58-41-42-64(53,57)63-8-4)44-51(61-37-34-31-28-25-22-19-16-13-10-6-2)52(50)62-38-35-32-29-26-23-20-17-14-11-7-3/h43-44,46H,5-42,45,47H2,1-4H3. The molecule has 372 valence electrons. The first-order chi connectivity index (χ1) is 31.4. The zero-order valence-corrected chi connectivity index (χ0v) is 42.4. The molecule has 2 aromatic rings. The minimum absolute atomic E-state index is 0.00632. The molecule has 1 aromatic carbocycles. The molecule has 0 radical (unpaired) electrons. The molecule has 12 heteroatoms.